The van der Waals surface area contributed by atoms with Crippen molar-refractivity contribution < 1.29 is 22.9 Å². The van der Waals surface area contributed by atoms with E-state index < -0.39 is 22.1 Å². The van der Waals surface area contributed by atoms with Crippen molar-refractivity contribution in [3.8, 4) is 0 Å². The molecule has 0 saturated carbocycles. The van der Waals surface area contributed by atoms with Gasteiger partial charge in [-0.05, 0) is 38.4 Å². The Balaban J connectivity index is 0.000000384. The van der Waals surface area contributed by atoms with Gasteiger partial charge in [0.2, 0.25) is 0 Å². The van der Waals surface area contributed by atoms with E-state index in [-0.39, 0.29) is 4.90 Å². The van der Waals surface area contributed by atoms with Gasteiger partial charge in [-0.1, -0.05) is 24.1 Å². The number of unbranched alkanes of at least 4 members (excludes halogenated alkanes) is 1. The predicted octanol–water partition coefficient (Wildman–Crippen LogP) is 0.769. The van der Waals surface area contributed by atoms with E-state index in [0.717, 1.165) is 18.4 Å². The van der Waals surface area contributed by atoms with Crippen LogP contribution in [-0.2, 0) is 14.9 Å². The van der Waals surface area contributed by atoms with E-state index in [1.54, 1.807) is 12.1 Å². The maximum absolute atomic E-state index is 10.5. The topological polar surface area (TPSA) is 144 Å². The Morgan fingerprint density at radius 1 is 1.24 bits per heavy atom. The van der Waals surface area contributed by atoms with Crippen LogP contribution in [0.25, 0.3) is 0 Å². The second-order valence-corrected chi connectivity index (χ2v) is 5.94. The van der Waals surface area contributed by atoms with Gasteiger partial charge in [0.25, 0.3) is 10.1 Å². The first-order valence-electron chi connectivity index (χ1n) is 6.41. The summed E-state index contributed by atoms with van der Waals surface area (Å²) < 4.78 is 29.6. The fourth-order valence-electron chi connectivity index (χ4n) is 1.34. The van der Waals surface area contributed by atoms with Gasteiger partial charge in [-0.3, -0.25) is 9.35 Å². The first kappa shape index (κ1) is 19.5. The molecule has 0 spiro atoms. The Hall–Kier alpha value is -1.48. The van der Waals surface area contributed by atoms with Crippen molar-refractivity contribution in [1.82, 2.24) is 0 Å². The van der Waals surface area contributed by atoms with Gasteiger partial charge in [0.1, 0.15) is 6.04 Å². The van der Waals surface area contributed by atoms with Gasteiger partial charge < -0.3 is 16.6 Å². The molecule has 0 saturated heterocycles. The minimum absolute atomic E-state index is 0.0666. The molecule has 8 heteroatoms. The van der Waals surface area contributed by atoms with Gasteiger partial charge >= 0.3 is 5.97 Å². The van der Waals surface area contributed by atoms with Crippen LogP contribution in [0.5, 0.6) is 0 Å². The molecular formula is C13H22N2O5S. The number of hydrogen-bond acceptors (Lipinski definition) is 5. The Morgan fingerprint density at radius 2 is 1.76 bits per heavy atom. The van der Waals surface area contributed by atoms with Gasteiger partial charge in [0, 0.05) is 0 Å². The van der Waals surface area contributed by atoms with Gasteiger partial charge in [-0.15, -0.1) is 0 Å². The monoisotopic (exact) mass is 318 g/mol. The fourth-order valence-corrected chi connectivity index (χ4v) is 1.82. The van der Waals surface area contributed by atoms with Gasteiger partial charge in [-0.25, -0.2) is 0 Å². The number of aliphatic carboxylic acids is 1. The third kappa shape index (κ3) is 9.14. The lowest BCUT2D eigenvalue weighted by Gasteiger charge is -2.03. The molecule has 120 valence electrons. The summed E-state index contributed by atoms with van der Waals surface area (Å²) >= 11 is 0. The molecule has 21 heavy (non-hydrogen) atoms. The number of rotatable bonds is 6. The average molecular weight is 318 g/mol. The second kappa shape index (κ2) is 9.46. The maximum Gasteiger partial charge on any atom is 0.320 e. The molecule has 7 nitrogen and oxygen atoms in total. The summed E-state index contributed by atoms with van der Waals surface area (Å²) in [5, 5.41) is 8.33. The molecule has 0 aliphatic heterocycles. The van der Waals surface area contributed by atoms with Crippen LogP contribution in [0.4, 0.5) is 0 Å². The molecule has 1 rings (SSSR count). The van der Waals surface area contributed by atoms with Crippen LogP contribution in [-0.4, -0.2) is 36.6 Å². The quantitative estimate of drug-likeness (QED) is 0.448. The molecule has 0 bridgehead atoms. The minimum Gasteiger partial charge on any atom is -0.480 e. The smallest absolute Gasteiger partial charge is 0.320 e. The molecule has 1 aromatic rings. The predicted molar refractivity (Wildman–Crippen MR) is 79.5 cm³/mol. The van der Waals surface area contributed by atoms with E-state index in [9.17, 15) is 13.2 Å². The molecule has 0 heterocycles. The summed E-state index contributed by atoms with van der Waals surface area (Å²) in [6, 6.07) is 5.27. The Kier molecular flexibility index (Phi) is 8.79. The largest absolute Gasteiger partial charge is 0.480 e. The van der Waals surface area contributed by atoms with Crippen LogP contribution < -0.4 is 11.5 Å². The lowest BCUT2D eigenvalue weighted by molar-refractivity contribution is -0.138. The molecule has 0 radical (unpaired) electrons. The minimum atomic E-state index is -4.02. The number of carboxylic acid groups (broad SMARTS) is 1. The van der Waals surface area contributed by atoms with E-state index in [1.165, 1.54) is 12.1 Å². The van der Waals surface area contributed by atoms with Gasteiger partial charge in [0.05, 0.1) is 4.90 Å². The summed E-state index contributed by atoms with van der Waals surface area (Å²) in [5.41, 5.74) is 11.4. The first-order valence-corrected chi connectivity index (χ1v) is 7.85. The molecule has 1 atom stereocenters. The van der Waals surface area contributed by atoms with E-state index >= 15 is 0 Å². The highest BCUT2D eigenvalue weighted by molar-refractivity contribution is 7.85. The Bertz CT molecular complexity index is 528. The summed E-state index contributed by atoms with van der Waals surface area (Å²) in [5.74, 6) is -0.933. The van der Waals surface area contributed by atoms with Crippen molar-refractivity contribution in [2.45, 2.75) is 37.1 Å². The molecule has 1 aromatic carbocycles. The number of carboxylic acids is 1. The summed E-state index contributed by atoms with van der Waals surface area (Å²) in [6.07, 6.45) is 2.16. The van der Waals surface area contributed by atoms with Crippen LogP contribution >= 0.6 is 0 Å². The number of carbonyl (C=O) groups is 1. The zero-order valence-corrected chi connectivity index (χ0v) is 12.7. The van der Waals surface area contributed by atoms with Crippen molar-refractivity contribution >= 4 is 16.1 Å². The van der Waals surface area contributed by atoms with Crippen LogP contribution in [0, 0.1) is 6.92 Å². The summed E-state index contributed by atoms with van der Waals surface area (Å²) in [4.78, 5) is 10.1. The van der Waals surface area contributed by atoms with Crippen molar-refractivity contribution in [2.75, 3.05) is 6.54 Å². The molecule has 0 aromatic heterocycles. The highest BCUT2D eigenvalue weighted by Gasteiger charge is 2.09. The van der Waals surface area contributed by atoms with E-state index in [4.69, 9.17) is 21.1 Å². The number of aryl methyl sites for hydroxylation is 1. The second-order valence-electron chi connectivity index (χ2n) is 4.52. The third-order valence-electron chi connectivity index (χ3n) is 2.61. The molecule has 6 N–H and O–H groups in total. The van der Waals surface area contributed by atoms with Crippen molar-refractivity contribution in [3.05, 3.63) is 29.8 Å². The normalized spacial score (nSPS) is 12.2. The van der Waals surface area contributed by atoms with E-state index in [0.29, 0.717) is 13.0 Å². The lowest BCUT2D eigenvalue weighted by atomic mass is 10.1. The van der Waals surface area contributed by atoms with Crippen LogP contribution in [0.1, 0.15) is 24.8 Å². The zero-order chi connectivity index (χ0) is 16.5. The molecule has 0 unspecified atom stereocenters. The molecule has 0 fully saturated rings. The van der Waals surface area contributed by atoms with Crippen LogP contribution in [0.3, 0.4) is 0 Å². The number of nitrogens with two attached hydrogens (primary N) is 2. The van der Waals surface area contributed by atoms with Crippen LogP contribution in [0.15, 0.2) is 29.2 Å². The Morgan fingerprint density at radius 3 is 2.14 bits per heavy atom. The molecule has 0 aliphatic rings. The SMILES string of the molecule is Cc1ccc(S(=O)(=O)O)cc1.NCCCC[C@H](N)C(=O)O. The van der Waals surface area contributed by atoms with Crippen LogP contribution in [0.2, 0.25) is 0 Å². The number of hydrogen-bond donors (Lipinski definition) is 4. The number of benzene rings is 1. The highest BCUT2D eigenvalue weighted by atomic mass is 32.2. The maximum atomic E-state index is 10.5. The average Bonchev–Trinajstić information content (AvgIpc) is 2.39. The van der Waals surface area contributed by atoms with E-state index in [2.05, 4.69) is 0 Å². The molecule has 0 amide bonds. The van der Waals surface area contributed by atoms with Crippen molar-refractivity contribution in [2.24, 2.45) is 11.5 Å². The lowest BCUT2D eigenvalue weighted by Crippen LogP contribution is -2.29. The zero-order valence-electron chi connectivity index (χ0n) is 11.9. The third-order valence-corrected chi connectivity index (χ3v) is 3.47. The molecule has 0 aliphatic carbocycles. The van der Waals surface area contributed by atoms with E-state index in [1.807, 2.05) is 6.92 Å². The fraction of sp³-hybridized carbons (Fsp3) is 0.462. The van der Waals surface area contributed by atoms with Crippen molar-refractivity contribution in [3.63, 3.8) is 0 Å². The highest BCUT2D eigenvalue weighted by Crippen LogP contribution is 2.08. The van der Waals surface area contributed by atoms with Crippen molar-refractivity contribution in [1.29, 1.82) is 0 Å². The standard InChI is InChI=1S/C7H8O3S.C6H14N2O2/c1-6-2-4-7(5-3-6)11(8,9)10;7-4-2-1-3-5(8)6(9)10/h2-5H,1H3,(H,8,9,10);5H,1-4,7-8H2,(H,9,10)/t;5-/m.0/s1. The summed E-state index contributed by atoms with van der Waals surface area (Å²) in [6.45, 7) is 2.44. The van der Waals surface area contributed by atoms with Gasteiger partial charge in [0.15, 0.2) is 0 Å². The Labute approximate surface area is 124 Å². The van der Waals surface area contributed by atoms with Gasteiger partial charge in [-0.2, -0.15) is 8.42 Å². The molecular weight excluding hydrogens is 296 g/mol. The first-order chi connectivity index (χ1) is 9.68. The summed E-state index contributed by atoms with van der Waals surface area (Å²) in [7, 11) is -4.02.